The molecule has 10 heteroatoms. The Kier molecular flexibility index (Phi) is 6.80. The van der Waals surface area contributed by atoms with E-state index in [1.807, 2.05) is 60.5 Å². The molecule has 0 aliphatic rings. The lowest BCUT2D eigenvalue weighted by molar-refractivity contribution is 0.662. The van der Waals surface area contributed by atoms with Crippen LogP contribution in [0.5, 0.6) is 0 Å². The number of imidazole rings is 1. The minimum absolute atomic E-state index is 0.0698. The zero-order valence-corrected chi connectivity index (χ0v) is 21.6. The van der Waals surface area contributed by atoms with E-state index in [9.17, 15) is 4.79 Å². The number of unbranched alkanes of at least 4 members (excludes halogenated alkanes) is 1. The molecule has 0 saturated carbocycles. The van der Waals surface area contributed by atoms with Gasteiger partial charge in [-0.2, -0.15) is 5.10 Å². The normalized spacial score (nSPS) is 11.5. The number of hydrogen-bond acceptors (Lipinski definition) is 6. The first-order valence-corrected chi connectivity index (χ1v) is 12.6. The van der Waals surface area contributed by atoms with Gasteiger partial charge in [0.05, 0.1) is 12.7 Å². The molecule has 190 valence electrons. The summed E-state index contributed by atoms with van der Waals surface area (Å²) in [5.74, 6) is 1.69. The largest absolute Gasteiger partial charge is 0.334 e. The van der Waals surface area contributed by atoms with Crippen molar-refractivity contribution in [2.45, 2.75) is 52.5 Å². The molecule has 0 aliphatic heterocycles. The molecule has 37 heavy (non-hydrogen) atoms. The second kappa shape index (κ2) is 10.3. The zero-order valence-electron chi connectivity index (χ0n) is 21.6. The fourth-order valence-corrected chi connectivity index (χ4v) is 4.65. The zero-order chi connectivity index (χ0) is 25.9. The number of rotatable bonds is 9. The third-order valence-corrected chi connectivity index (χ3v) is 6.68. The average molecular weight is 498 g/mol. The third kappa shape index (κ3) is 4.74. The summed E-state index contributed by atoms with van der Waals surface area (Å²) in [5, 5.41) is 18.5. The minimum Gasteiger partial charge on any atom is -0.291 e. The van der Waals surface area contributed by atoms with Gasteiger partial charge in [-0.1, -0.05) is 51.5 Å². The Morgan fingerprint density at radius 2 is 1.84 bits per heavy atom. The van der Waals surface area contributed by atoms with Crippen LogP contribution in [0.3, 0.4) is 0 Å². The molecular formula is C27H31N9O. The lowest BCUT2D eigenvalue weighted by Crippen LogP contribution is -2.26. The van der Waals surface area contributed by atoms with E-state index in [1.165, 1.54) is 0 Å². The van der Waals surface area contributed by atoms with Crippen LogP contribution >= 0.6 is 0 Å². The van der Waals surface area contributed by atoms with Crippen LogP contribution < -0.4 is 5.69 Å². The van der Waals surface area contributed by atoms with E-state index in [0.717, 1.165) is 58.6 Å². The van der Waals surface area contributed by atoms with Gasteiger partial charge in [0.15, 0.2) is 5.82 Å². The number of aryl methyl sites for hydroxylation is 2. The molecule has 4 aromatic heterocycles. The van der Waals surface area contributed by atoms with Crippen LogP contribution in [0.4, 0.5) is 0 Å². The highest BCUT2D eigenvalue weighted by Gasteiger charge is 2.20. The molecule has 0 unspecified atom stereocenters. The van der Waals surface area contributed by atoms with Crippen LogP contribution in [0.15, 0.2) is 59.9 Å². The van der Waals surface area contributed by atoms with Gasteiger partial charge < -0.3 is 0 Å². The van der Waals surface area contributed by atoms with Crippen LogP contribution in [-0.4, -0.2) is 44.5 Å². The molecule has 0 saturated heterocycles. The van der Waals surface area contributed by atoms with E-state index in [-0.39, 0.29) is 11.6 Å². The highest BCUT2D eigenvalue weighted by Crippen LogP contribution is 2.27. The highest BCUT2D eigenvalue weighted by atomic mass is 16.1. The van der Waals surface area contributed by atoms with Gasteiger partial charge in [-0.05, 0) is 51.9 Å². The Bertz CT molecular complexity index is 1540. The van der Waals surface area contributed by atoms with Crippen LogP contribution in [0.25, 0.3) is 28.3 Å². The van der Waals surface area contributed by atoms with Gasteiger partial charge in [-0.3, -0.25) is 18.8 Å². The van der Waals surface area contributed by atoms with Crippen molar-refractivity contribution in [2.24, 2.45) is 7.05 Å². The van der Waals surface area contributed by atoms with Gasteiger partial charge in [-0.15, -0.1) is 5.10 Å². The monoisotopic (exact) mass is 497 g/mol. The first-order valence-electron chi connectivity index (χ1n) is 12.6. The lowest BCUT2D eigenvalue weighted by Gasteiger charge is -2.12. The van der Waals surface area contributed by atoms with Crippen molar-refractivity contribution >= 4 is 0 Å². The summed E-state index contributed by atoms with van der Waals surface area (Å²) >= 11 is 0. The first-order chi connectivity index (χ1) is 18.0. The van der Waals surface area contributed by atoms with Crippen molar-refractivity contribution in [1.82, 2.24) is 44.5 Å². The number of H-pyrrole nitrogens is 1. The van der Waals surface area contributed by atoms with Crippen molar-refractivity contribution < 1.29 is 0 Å². The number of nitrogens with one attached hydrogen (secondary N) is 1. The highest BCUT2D eigenvalue weighted by molar-refractivity contribution is 5.69. The molecule has 1 N–H and O–H groups in total. The molecule has 5 rings (SSSR count). The van der Waals surface area contributed by atoms with E-state index in [0.29, 0.717) is 12.4 Å². The molecule has 0 amide bonds. The quantitative estimate of drug-likeness (QED) is 0.328. The number of aromatic nitrogens is 9. The van der Waals surface area contributed by atoms with Crippen LogP contribution in [0.2, 0.25) is 0 Å². The molecule has 0 radical (unpaired) electrons. The molecule has 0 atom stereocenters. The Balaban J connectivity index is 1.55. The van der Waals surface area contributed by atoms with Crippen molar-refractivity contribution in [3.63, 3.8) is 0 Å². The Morgan fingerprint density at radius 1 is 1.05 bits per heavy atom. The molecule has 0 aliphatic carbocycles. The van der Waals surface area contributed by atoms with E-state index in [4.69, 9.17) is 0 Å². The summed E-state index contributed by atoms with van der Waals surface area (Å²) in [6, 6.07) is 10.0. The van der Waals surface area contributed by atoms with E-state index < -0.39 is 0 Å². The summed E-state index contributed by atoms with van der Waals surface area (Å²) in [6.45, 7) is 6.82. The van der Waals surface area contributed by atoms with Gasteiger partial charge in [0.25, 0.3) is 0 Å². The summed E-state index contributed by atoms with van der Waals surface area (Å²) < 4.78 is 5.41. The predicted octanol–water partition coefficient (Wildman–Crippen LogP) is 4.13. The molecule has 1 aromatic carbocycles. The molecular weight excluding hydrogens is 466 g/mol. The maximum atomic E-state index is 13.8. The van der Waals surface area contributed by atoms with E-state index >= 15 is 0 Å². The molecule has 10 nitrogen and oxygen atoms in total. The number of tetrazole rings is 1. The minimum atomic E-state index is -0.0698. The molecule has 0 fully saturated rings. The van der Waals surface area contributed by atoms with E-state index in [2.05, 4.69) is 51.5 Å². The van der Waals surface area contributed by atoms with Gasteiger partial charge in [0.1, 0.15) is 5.82 Å². The van der Waals surface area contributed by atoms with Crippen LogP contribution in [0, 0.1) is 0 Å². The Hall–Kier alpha value is -4.34. The summed E-state index contributed by atoms with van der Waals surface area (Å²) in [5.41, 5.74) is 5.92. The number of benzene rings is 1. The number of pyridine rings is 1. The SMILES string of the molecule is CCCCc1cn(-c2c(C(C)C)cnn2C)c(=O)n1Cc1cnccc1-c1ccc(-c2nnn[nH]2)cc1. The summed E-state index contributed by atoms with van der Waals surface area (Å²) in [7, 11) is 1.88. The maximum absolute atomic E-state index is 13.8. The molecule has 4 heterocycles. The number of nitrogens with zero attached hydrogens (tertiary/aromatic N) is 8. The smallest absolute Gasteiger partial charge is 0.291 e. The van der Waals surface area contributed by atoms with E-state index in [1.54, 1.807) is 15.4 Å². The summed E-state index contributed by atoms with van der Waals surface area (Å²) in [6.07, 6.45) is 10.3. The van der Waals surface area contributed by atoms with Crippen molar-refractivity contribution in [3.8, 4) is 28.3 Å². The molecule has 0 bridgehead atoms. The second-order valence-corrected chi connectivity index (χ2v) is 9.52. The maximum Gasteiger partial charge on any atom is 0.334 e. The van der Waals surface area contributed by atoms with Gasteiger partial charge in [-0.25, -0.2) is 9.89 Å². The molecule has 5 aromatic rings. The van der Waals surface area contributed by atoms with Crippen molar-refractivity contribution in [3.05, 3.63) is 82.4 Å². The Labute approximate surface area is 215 Å². The second-order valence-electron chi connectivity index (χ2n) is 9.52. The standard InChI is InChI=1S/C27H31N9O/c1-5-6-7-22-17-36(26-24(18(2)3)15-29-34(26)4)27(37)35(22)16-21-14-28-13-12-23(21)19-8-10-20(11-9-19)25-30-32-33-31-25/h8-15,17-18H,5-7,16H2,1-4H3,(H,30,31,32,33). The van der Waals surface area contributed by atoms with Crippen molar-refractivity contribution in [1.29, 1.82) is 0 Å². The number of hydrogen-bond donors (Lipinski definition) is 1. The Morgan fingerprint density at radius 3 is 2.54 bits per heavy atom. The average Bonchev–Trinajstić information content (AvgIpc) is 3.64. The van der Waals surface area contributed by atoms with Gasteiger partial charge >= 0.3 is 5.69 Å². The predicted molar refractivity (Wildman–Crippen MR) is 141 cm³/mol. The van der Waals surface area contributed by atoms with Crippen LogP contribution in [0.1, 0.15) is 56.4 Å². The topological polar surface area (TPSA) is 112 Å². The fourth-order valence-electron chi connectivity index (χ4n) is 4.65. The van der Waals surface area contributed by atoms with Gasteiger partial charge in [0, 0.05) is 42.5 Å². The molecule has 0 spiro atoms. The number of aromatic amines is 1. The van der Waals surface area contributed by atoms with Crippen LogP contribution in [-0.2, 0) is 20.0 Å². The van der Waals surface area contributed by atoms with Crippen molar-refractivity contribution in [2.75, 3.05) is 0 Å². The third-order valence-electron chi connectivity index (χ3n) is 6.68. The lowest BCUT2D eigenvalue weighted by atomic mass is 10.00. The fraction of sp³-hybridized carbons (Fsp3) is 0.333. The van der Waals surface area contributed by atoms with Gasteiger partial charge in [0.2, 0.25) is 0 Å². The summed E-state index contributed by atoms with van der Waals surface area (Å²) in [4.78, 5) is 18.2. The first kappa shape index (κ1) is 24.4.